The lowest BCUT2D eigenvalue weighted by Gasteiger charge is -2.19. The van der Waals surface area contributed by atoms with Crippen molar-refractivity contribution in [3.63, 3.8) is 0 Å². The van der Waals surface area contributed by atoms with E-state index in [1.54, 1.807) is 13.4 Å². The van der Waals surface area contributed by atoms with Gasteiger partial charge in [-0.15, -0.1) is 0 Å². The van der Waals surface area contributed by atoms with E-state index in [1.807, 2.05) is 0 Å². The van der Waals surface area contributed by atoms with Crippen molar-refractivity contribution in [1.82, 2.24) is 10.3 Å². The summed E-state index contributed by atoms with van der Waals surface area (Å²) in [6.45, 7) is 8.23. The van der Waals surface area contributed by atoms with Gasteiger partial charge in [0.1, 0.15) is 6.26 Å². The van der Waals surface area contributed by atoms with Crippen molar-refractivity contribution in [1.29, 1.82) is 0 Å². The van der Waals surface area contributed by atoms with E-state index in [0.29, 0.717) is 25.8 Å². The summed E-state index contributed by atoms with van der Waals surface area (Å²) in [6, 6.07) is 0. The summed E-state index contributed by atoms with van der Waals surface area (Å²) in [5, 5.41) is 3.33. The van der Waals surface area contributed by atoms with Gasteiger partial charge in [0, 0.05) is 32.2 Å². The minimum atomic E-state index is 0.0679. The highest BCUT2D eigenvalue weighted by atomic mass is 16.6. The molecule has 0 saturated carbocycles. The monoisotopic (exact) mass is 242 g/mol. The molecule has 0 aliphatic carbocycles. The Balaban J connectivity index is 2.28. The van der Waals surface area contributed by atoms with Crippen LogP contribution in [0.4, 0.5) is 0 Å². The molecule has 0 atom stereocenters. The fourth-order valence-electron chi connectivity index (χ4n) is 1.15. The van der Waals surface area contributed by atoms with Gasteiger partial charge in [0.05, 0.1) is 12.3 Å². The molecule has 0 radical (unpaired) electrons. The molecule has 0 spiro atoms. The van der Waals surface area contributed by atoms with Gasteiger partial charge in [-0.3, -0.25) is 0 Å². The molecule has 5 nitrogen and oxygen atoms in total. The number of hydrogen-bond donors (Lipinski definition) is 1. The van der Waals surface area contributed by atoms with E-state index in [4.69, 9.17) is 13.9 Å². The molecule has 1 aromatic heterocycles. The van der Waals surface area contributed by atoms with Gasteiger partial charge < -0.3 is 19.2 Å². The van der Waals surface area contributed by atoms with Crippen LogP contribution in [0.15, 0.2) is 10.7 Å². The molecule has 0 bridgehead atoms. The van der Waals surface area contributed by atoms with Gasteiger partial charge in [-0.2, -0.15) is 4.98 Å². The Kier molecular flexibility index (Phi) is 5.44. The number of methoxy groups -OCH3 is 1. The molecule has 17 heavy (non-hydrogen) atoms. The average Bonchev–Trinajstić information content (AvgIpc) is 2.69. The molecule has 5 heteroatoms. The smallest absolute Gasteiger partial charge is 0.393 e. The van der Waals surface area contributed by atoms with Crippen LogP contribution in [0.5, 0.6) is 6.08 Å². The van der Waals surface area contributed by atoms with E-state index in [2.05, 4.69) is 31.1 Å². The van der Waals surface area contributed by atoms with Crippen molar-refractivity contribution in [3.05, 3.63) is 12.0 Å². The van der Waals surface area contributed by atoms with Crippen LogP contribution in [-0.2, 0) is 11.3 Å². The molecule has 1 aromatic rings. The van der Waals surface area contributed by atoms with E-state index in [1.165, 1.54) is 0 Å². The lowest BCUT2D eigenvalue weighted by Crippen LogP contribution is -2.35. The van der Waals surface area contributed by atoms with Crippen molar-refractivity contribution >= 4 is 0 Å². The van der Waals surface area contributed by atoms with Gasteiger partial charge in [0.2, 0.25) is 0 Å². The minimum Gasteiger partial charge on any atom is -0.450 e. The summed E-state index contributed by atoms with van der Waals surface area (Å²) >= 11 is 0. The predicted octanol–water partition coefficient (Wildman–Crippen LogP) is 1.98. The quantitative estimate of drug-likeness (QED) is 0.741. The summed E-state index contributed by atoms with van der Waals surface area (Å²) in [6.07, 6.45) is 2.77. The molecule has 1 heterocycles. The Morgan fingerprint density at radius 3 is 2.76 bits per heavy atom. The van der Waals surface area contributed by atoms with Crippen LogP contribution in [-0.4, -0.2) is 30.8 Å². The molecule has 1 N–H and O–H groups in total. The summed E-state index contributed by atoms with van der Waals surface area (Å²) in [5.41, 5.74) is 0.917. The normalized spacial score (nSPS) is 11.8. The van der Waals surface area contributed by atoms with Gasteiger partial charge in [-0.25, -0.2) is 0 Å². The fraction of sp³-hybridized carbons (Fsp3) is 0.750. The van der Waals surface area contributed by atoms with Crippen molar-refractivity contribution in [2.45, 2.75) is 39.3 Å². The molecule has 0 aliphatic heterocycles. The molecular formula is C12H22N2O3. The predicted molar refractivity (Wildman–Crippen MR) is 65.1 cm³/mol. The largest absolute Gasteiger partial charge is 0.450 e. The fourth-order valence-corrected chi connectivity index (χ4v) is 1.15. The maximum absolute atomic E-state index is 5.34. The van der Waals surface area contributed by atoms with Crippen LogP contribution in [0.1, 0.15) is 32.9 Å². The minimum absolute atomic E-state index is 0.0679. The number of nitrogens with zero attached hydrogens (tertiary/aromatic N) is 1. The number of rotatable bonds is 7. The van der Waals surface area contributed by atoms with E-state index < -0.39 is 0 Å². The first-order valence-electron chi connectivity index (χ1n) is 5.82. The zero-order chi connectivity index (χ0) is 12.7. The third-order valence-corrected chi connectivity index (χ3v) is 2.05. The van der Waals surface area contributed by atoms with Crippen molar-refractivity contribution in [3.8, 4) is 6.08 Å². The van der Waals surface area contributed by atoms with E-state index in [9.17, 15) is 0 Å². The second-order valence-electron chi connectivity index (χ2n) is 4.90. The second-order valence-corrected chi connectivity index (χ2v) is 4.90. The third-order valence-electron chi connectivity index (χ3n) is 2.05. The molecule has 0 aliphatic rings. The SMILES string of the molecule is COCCCOc1nc(CNC(C)(C)C)co1. The van der Waals surface area contributed by atoms with E-state index in [0.717, 1.165) is 12.1 Å². The number of ether oxygens (including phenoxy) is 2. The van der Waals surface area contributed by atoms with E-state index in [-0.39, 0.29) is 5.54 Å². The third kappa shape index (κ3) is 6.28. The van der Waals surface area contributed by atoms with Gasteiger partial charge >= 0.3 is 6.08 Å². The van der Waals surface area contributed by atoms with Crippen LogP contribution in [0.3, 0.4) is 0 Å². The summed E-state index contributed by atoms with van der Waals surface area (Å²) in [7, 11) is 1.67. The molecule has 98 valence electrons. The van der Waals surface area contributed by atoms with Gasteiger partial charge in [-0.1, -0.05) is 0 Å². The highest BCUT2D eigenvalue weighted by Crippen LogP contribution is 2.11. The van der Waals surface area contributed by atoms with Crippen LogP contribution in [0, 0.1) is 0 Å². The first-order valence-corrected chi connectivity index (χ1v) is 5.82. The maximum Gasteiger partial charge on any atom is 0.393 e. The first kappa shape index (κ1) is 14.0. The lowest BCUT2D eigenvalue weighted by molar-refractivity contribution is 0.157. The summed E-state index contributed by atoms with van der Waals surface area (Å²) in [4.78, 5) is 4.22. The molecule has 0 fully saturated rings. The van der Waals surface area contributed by atoms with Crippen molar-refractivity contribution in [2.75, 3.05) is 20.3 Å². The Labute approximate surface area is 103 Å². The Morgan fingerprint density at radius 2 is 2.12 bits per heavy atom. The van der Waals surface area contributed by atoms with Gasteiger partial charge in [-0.05, 0) is 20.8 Å². The Morgan fingerprint density at radius 1 is 1.35 bits per heavy atom. The summed E-state index contributed by atoms with van der Waals surface area (Å²) in [5.74, 6) is 0. The number of nitrogens with one attached hydrogen (secondary N) is 1. The molecule has 0 aromatic carbocycles. The molecule has 0 saturated heterocycles. The molecule has 0 unspecified atom stereocenters. The lowest BCUT2D eigenvalue weighted by atomic mass is 10.1. The molecule has 0 amide bonds. The number of aromatic nitrogens is 1. The standard InChI is InChI=1S/C12H22N2O3/c1-12(2,3)13-8-10-9-17-11(14-10)16-7-5-6-15-4/h9,13H,5-8H2,1-4H3. The maximum atomic E-state index is 5.34. The number of oxazole rings is 1. The van der Waals surface area contributed by atoms with E-state index >= 15 is 0 Å². The average molecular weight is 242 g/mol. The first-order chi connectivity index (χ1) is 8.01. The van der Waals surface area contributed by atoms with Gasteiger partial charge in [0.15, 0.2) is 0 Å². The Hall–Kier alpha value is -1.07. The Bertz CT molecular complexity index is 318. The van der Waals surface area contributed by atoms with Crippen molar-refractivity contribution in [2.24, 2.45) is 0 Å². The van der Waals surface area contributed by atoms with Crippen LogP contribution >= 0.6 is 0 Å². The molecular weight excluding hydrogens is 220 g/mol. The second kappa shape index (κ2) is 6.61. The highest BCUT2D eigenvalue weighted by Gasteiger charge is 2.11. The van der Waals surface area contributed by atoms with Gasteiger partial charge in [0.25, 0.3) is 0 Å². The van der Waals surface area contributed by atoms with Crippen LogP contribution < -0.4 is 10.1 Å². The number of hydrogen-bond acceptors (Lipinski definition) is 5. The summed E-state index contributed by atoms with van der Waals surface area (Å²) < 4.78 is 15.5. The van der Waals surface area contributed by atoms with Crippen LogP contribution in [0.25, 0.3) is 0 Å². The zero-order valence-corrected chi connectivity index (χ0v) is 11.1. The zero-order valence-electron chi connectivity index (χ0n) is 11.1. The topological polar surface area (TPSA) is 56.5 Å². The highest BCUT2D eigenvalue weighted by molar-refractivity contribution is 5.00. The van der Waals surface area contributed by atoms with Crippen LogP contribution in [0.2, 0.25) is 0 Å². The van der Waals surface area contributed by atoms with Crippen molar-refractivity contribution < 1.29 is 13.9 Å². The molecule has 1 rings (SSSR count).